The van der Waals surface area contributed by atoms with Crippen LogP contribution in [-0.4, -0.2) is 3.21 Å². The van der Waals surface area contributed by atoms with Crippen molar-refractivity contribution in [2.45, 2.75) is 48.0 Å². The normalized spacial score (nSPS) is 15.7. The van der Waals surface area contributed by atoms with Gasteiger partial charge in [0.1, 0.15) is 0 Å². The van der Waals surface area contributed by atoms with Crippen LogP contribution in [0.4, 0.5) is 0 Å². The molecule has 0 nitrogen and oxygen atoms in total. The van der Waals surface area contributed by atoms with Crippen LogP contribution in [0.25, 0.3) is 11.1 Å². The SMILES string of the molecule is CC1[C-]=CC(C(C)(C)C)=C1.C[C](C)=[Zr+2].Cl.[c-]1cccc2c1Cc1ccccc1-2. The first kappa shape index (κ1) is 25.0. The molecule has 2 aromatic carbocycles. The minimum absolute atomic E-state index is 0. The van der Waals surface area contributed by atoms with Crippen molar-refractivity contribution in [1.82, 2.24) is 0 Å². The molecule has 2 aliphatic carbocycles. The molecule has 4 rings (SSSR count). The van der Waals surface area contributed by atoms with Crippen molar-refractivity contribution in [1.29, 1.82) is 0 Å². The Kier molecular flexibility index (Phi) is 10.0. The molecule has 1 atom stereocenters. The van der Waals surface area contributed by atoms with E-state index in [0.717, 1.165) is 6.42 Å². The Morgan fingerprint density at radius 1 is 1.04 bits per heavy atom. The summed E-state index contributed by atoms with van der Waals surface area (Å²) in [4.78, 5) is 0. The van der Waals surface area contributed by atoms with Crippen LogP contribution < -0.4 is 0 Å². The molecule has 2 aliphatic rings. The van der Waals surface area contributed by atoms with Crippen molar-refractivity contribution in [3.05, 3.63) is 83.5 Å². The molecule has 0 bridgehead atoms. The maximum Gasteiger partial charge on any atom is -0.0253 e. The Balaban J connectivity index is 0.000000235. The fourth-order valence-electron chi connectivity index (χ4n) is 3.05. The van der Waals surface area contributed by atoms with E-state index >= 15 is 0 Å². The summed E-state index contributed by atoms with van der Waals surface area (Å²) >= 11 is 1.55. The third-order valence-electron chi connectivity index (χ3n) is 4.41. The van der Waals surface area contributed by atoms with E-state index in [1.54, 1.807) is 24.2 Å². The minimum Gasteiger partial charge on any atom is -0.179 e. The maximum absolute atomic E-state index is 3.30. The van der Waals surface area contributed by atoms with Crippen LogP contribution in [0.5, 0.6) is 0 Å². The number of allylic oxidation sites excluding steroid dienone is 4. The van der Waals surface area contributed by atoms with Gasteiger partial charge in [-0.25, -0.2) is 6.08 Å². The van der Waals surface area contributed by atoms with Gasteiger partial charge in [-0.2, -0.15) is 41.5 Å². The van der Waals surface area contributed by atoms with Gasteiger partial charge in [-0.1, -0.05) is 74.4 Å². The molecular formula is C26H31ClZr. The van der Waals surface area contributed by atoms with Crippen molar-refractivity contribution in [2.24, 2.45) is 11.3 Å². The van der Waals surface area contributed by atoms with E-state index in [1.807, 2.05) is 6.07 Å². The molecule has 0 radical (unpaired) electrons. The predicted octanol–water partition coefficient (Wildman–Crippen LogP) is 7.19. The second-order valence-electron chi connectivity index (χ2n) is 8.37. The molecule has 2 aromatic rings. The van der Waals surface area contributed by atoms with Gasteiger partial charge >= 0.3 is 41.3 Å². The minimum atomic E-state index is 0. The van der Waals surface area contributed by atoms with Crippen LogP contribution in [0.1, 0.15) is 52.7 Å². The Morgan fingerprint density at radius 3 is 2.18 bits per heavy atom. The second kappa shape index (κ2) is 11.2. The molecule has 0 fully saturated rings. The summed E-state index contributed by atoms with van der Waals surface area (Å²) in [6, 6.07) is 18.1. The van der Waals surface area contributed by atoms with Crippen LogP contribution in [0.3, 0.4) is 0 Å². The molecule has 1 unspecified atom stereocenters. The van der Waals surface area contributed by atoms with Crippen LogP contribution in [0.2, 0.25) is 0 Å². The van der Waals surface area contributed by atoms with Gasteiger partial charge in [-0.05, 0) is 6.42 Å². The number of hydrogen-bond acceptors (Lipinski definition) is 0. The van der Waals surface area contributed by atoms with E-state index < -0.39 is 0 Å². The van der Waals surface area contributed by atoms with Crippen LogP contribution >= 0.6 is 12.4 Å². The molecule has 0 N–H and O–H groups in total. The fraction of sp³-hybridized carbons (Fsp3) is 0.346. The summed E-state index contributed by atoms with van der Waals surface area (Å²) in [6.07, 6.45) is 8.70. The molecule has 28 heavy (non-hydrogen) atoms. The van der Waals surface area contributed by atoms with Gasteiger partial charge in [-0.3, -0.25) is 6.08 Å². The third-order valence-corrected chi connectivity index (χ3v) is 4.41. The summed E-state index contributed by atoms with van der Waals surface area (Å²) in [5.74, 6) is 0.522. The zero-order chi connectivity index (χ0) is 20.0. The van der Waals surface area contributed by atoms with Crippen LogP contribution in [-0.2, 0) is 30.7 Å². The number of hydrogen-bond donors (Lipinski definition) is 0. The van der Waals surface area contributed by atoms with Gasteiger partial charge < -0.3 is 0 Å². The Morgan fingerprint density at radius 2 is 1.64 bits per heavy atom. The first-order chi connectivity index (χ1) is 12.7. The van der Waals surface area contributed by atoms with Crippen molar-refractivity contribution >= 4 is 15.6 Å². The van der Waals surface area contributed by atoms with Gasteiger partial charge in [-0.15, -0.1) is 18.0 Å². The maximum atomic E-state index is 3.30. The molecule has 146 valence electrons. The first-order valence-corrected chi connectivity index (χ1v) is 10.8. The molecule has 0 aromatic heterocycles. The van der Waals surface area contributed by atoms with Crippen molar-refractivity contribution < 1.29 is 24.2 Å². The van der Waals surface area contributed by atoms with E-state index in [4.69, 9.17) is 0 Å². The Hall–Kier alpha value is -1.04. The standard InChI is InChI=1S/C13H9.C10H15.C3H6.ClH.Zr/c1-3-7-12-10(5-1)9-11-6-2-4-8-13(11)12;1-8-5-6-9(7-8)10(2,3)4;1-3-2;;/h1-5,7-8H,9H2;6-8H,1-4H3;1-2H3;1H;/q2*-1;;;+2. The number of benzene rings is 2. The molecular weight excluding hydrogens is 439 g/mol. The molecule has 0 heterocycles. The van der Waals surface area contributed by atoms with Crippen molar-refractivity contribution in [2.75, 3.05) is 0 Å². The summed E-state index contributed by atoms with van der Waals surface area (Å²) in [5, 5.41) is 0. The second-order valence-corrected chi connectivity index (χ2v) is 10.8. The van der Waals surface area contributed by atoms with Crippen LogP contribution in [0, 0.1) is 23.5 Å². The van der Waals surface area contributed by atoms with Gasteiger partial charge in [0, 0.05) is 0 Å². The number of halogens is 1. The average Bonchev–Trinajstić information content (AvgIpc) is 3.18. The largest absolute Gasteiger partial charge is 0.179 e. The topological polar surface area (TPSA) is 0 Å². The summed E-state index contributed by atoms with van der Waals surface area (Å²) in [7, 11) is 0. The van der Waals surface area contributed by atoms with Gasteiger partial charge in [0.05, 0.1) is 0 Å². The first-order valence-electron chi connectivity index (χ1n) is 9.59. The molecule has 0 amide bonds. The summed E-state index contributed by atoms with van der Waals surface area (Å²) in [5.41, 5.74) is 7.23. The molecule has 0 saturated heterocycles. The average molecular weight is 470 g/mol. The Labute approximate surface area is 192 Å². The van der Waals surface area contributed by atoms with Crippen LogP contribution in [0.15, 0.2) is 60.2 Å². The van der Waals surface area contributed by atoms with Gasteiger partial charge in [0.15, 0.2) is 0 Å². The van der Waals surface area contributed by atoms with E-state index in [1.165, 1.54) is 31.0 Å². The van der Waals surface area contributed by atoms with Crippen molar-refractivity contribution in [3.63, 3.8) is 0 Å². The number of rotatable bonds is 0. The zero-order valence-corrected chi connectivity index (χ0v) is 21.2. The molecule has 0 saturated carbocycles. The Bertz CT molecular complexity index is 805. The summed E-state index contributed by atoms with van der Waals surface area (Å²) in [6.45, 7) is 13.1. The van der Waals surface area contributed by atoms with E-state index in [-0.39, 0.29) is 12.4 Å². The molecule has 0 aliphatic heterocycles. The summed E-state index contributed by atoms with van der Waals surface area (Å²) < 4.78 is 1.51. The zero-order valence-electron chi connectivity index (χ0n) is 17.9. The predicted molar refractivity (Wildman–Crippen MR) is 122 cm³/mol. The quantitative estimate of drug-likeness (QED) is 0.305. The third kappa shape index (κ3) is 7.42. The monoisotopic (exact) mass is 468 g/mol. The van der Waals surface area contributed by atoms with E-state index in [9.17, 15) is 0 Å². The fourth-order valence-corrected chi connectivity index (χ4v) is 3.05. The van der Waals surface area contributed by atoms with Crippen molar-refractivity contribution in [3.8, 4) is 11.1 Å². The van der Waals surface area contributed by atoms with Gasteiger partial charge in [0.25, 0.3) is 0 Å². The number of fused-ring (bicyclic) bond motifs is 3. The van der Waals surface area contributed by atoms with Gasteiger partial charge in [0.2, 0.25) is 0 Å². The smallest absolute Gasteiger partial charge is 0.0253 e. The van der Waals surface area contributed by atoms with E-state index in [0.29, 0.717) is 11.3 Å². The molecule has 0 spiro atoms. The van der Waals surface area contributed by atoms with E-state index in [2.05, 4.69) is 102 Å². The molecule has 2 heteroatoms.